The maximum Gasteiger partial charge on any atom is 0.335 e. The molecule has 0 bridgehead atoms. The van der Waals surface area contributed by atoms with Crippen LogP contribution in [-0.2, 0) is 16.0 Å². The van der Waals surface area contributed by atoms with Gasteiger partial charge < -0.3 is 5.11 Å². The van der Waals surface area contributed by atoms with Gasteiger partial charge in [0.15, 0.2) is 0 Å². The predicted molar refractivity (Wildman–Crippen MR) is 118 cm³/mol. The zero-order chi connectivity index (χ0) is 22.8. The second kappa shape index (κ2) is 8.64. The second-order valence-electron chi connectivity index (χ2n) is 7.13. The molecule has 3 aromatic carbocycles. The van der Waals surface area contributed by atoms with Crippen molar-refractivity contribution in [1.29, 1.82) is 0 Å². The van der Waals surface area contributed by atoms with Gasteiger partial charge in [-0.1, -0.05) is 35.9 Å². The molecule has 1 saturated heterocycles. The van der Waals surface area contributed by atoms with E-state index in [1.54, 1.807) is 30.3 Å². The normalized spacial score (nSPS) is 15.2. The molecule has 0 radical (unpaired) electrons. The molecule has 32 heavy (non-hydrogen) atoms. The maximum atomic E-state index is 13.4. The van der Waals surface area contributed by atoms with Crippen LogP contribution in [0.4, 0.5) is 14.9 Å². The average Bonchev–Trinajstić information content (AvgIpc) is 2.74. The fraction of sp³-hybridized carbons (Fsp3) is 0.0417. The molecule has 1 fully saturated rings. The number of imide groups is 2. The van der Waals surface area contributed by atoms with Gasteiger partial charge in [-0.2, -0.15) is 0 Å². The maximum absolute atomic E-state index is 13.4. The van der Waals surface area contributed by atoms with Gasteiger partial charge in [0.2, 0.25) is 0 Å². The molecule has 4 amide bonds. The minimum Gasteiger partial charge on any atom is -0.508 e. The summed E-state index contributed by atoms with van der Waals surface area (Å²) in [7, 11) is 0. The Morgan fingerprint density at radius 3 is 2.44 bits per heavy atom. The van der Waals surface area contributed by atoms with Gasteiger partial charge in [-0.05, 0) is 71.7 Å². The number of carbonyl (C=O) groups is 3. The van der Waals surface area contributed by atoms with E-state index in [9.17, 15) is 23.9 Å². The third-order valence-corrected chi connectivity index (χ3v) is 5.23. The Labute approximate surface area is 187 Å². The number of nitrogens with one attached hydrogen (secondary N) is 1. The Hall–Kier alpha value is -3.97. The van der Waals surface area contributed by atoms with E-state index in [0.29, 0.717) is 17.0 Å². The van der Waals surface area contributed by atoms with Gasteiger partial charge in [0.25, 0.3) is 11.8 Å². The number of hydrogen-bond donors (Lipinski definition) is 2. The van der Waals surface area contributed by atoms with Crippen LogP contribution in [-0.4, -0.2) is 23.0 Å². The van der Waals surface area contributed by atoms with Crippen molar-refractivity contribution in [2.45, 2.75) is 6.42 Å². The van der Waals surface area contributed by atoms with Crippen molar-refractivity contribution in [2.24, 2.45) is 0 Å². The number of phenols is 1. The molecule has 8 heteroatoms. The summed E-state index contributed by atoms with van der Waals surface area (Å²) in [5.74, 6) is -1.99. The Morgan fingerprint density at radius 1 is 1.00 bits per heavy atom. The minimum atomic E-state index is -0.883. The van der Waals surface area contributed by atoms with Crippen LogP contribution in [0.15, 0.2) is 72.3 Å². The summed E-state index contributed by atoms with van der Waals surface area (Å²) in [5, 5.41) is 12.0. The molecule has 6 nitrogen and oxygen atoms in total. The quantitative estimate of drug-likeness (QED) is 0.454. The molecular weight excluding hydrogens is 435 g/mol. The molecule has 0 atom stereocenters. The van der Waals surface area contributed by atoms with Crippen molar-refractivity contribution in [1.82, 2.24) is 5.32 Å². The smallest absolute Gasteiger partial charge is 0.335 e. The SMILES string of the molecule is O=C1NC(=O)N(c2ccc(O)cc2)C(=O)/C1=C/c1ccc(Cc2cccc(F)c2)c(Cl)c1. The summed E-state index contributed by atoms with van der Waals surface area (Å²) >= 11 is 6.38. The van der Waals surface area contributed by atoms with Gasteiger partial charge in [0, 0.05) is 5.02 Å². The molecule has 0 aliphatic carbocycles. The summed E-state index contributed by atoms with van der Waals surface area (Å²) in [5.41, 5.74) is 1.94. The highest BCUT2D eigenvalue weighted by molar-refractivity contribution is 6.39. The van der Waals surface area contributed by atoms with E-state index in [-0.39, 0.29) is 22.8 Å². The number of benzene rings is 3. The Balaban J connectivity index is 1.62. The van der Waals surface area contributed by atoms with Crippen LogP contribution in [0.2, 0.25) is 5.02 Å². The largest absolute Gasteiger partial charge is 0.508 e. The average molecular weight is 451 g/mol. The first-order chi connectivity index (χ1) is 15.3. The van der Waals surface area contributed by atoms with Gasteiger partial charge in [-0.25, -0.2) is 14.1 Å². The van der Waals surface area contributed by atoms with Crippen molar-refractivity contribution in [3.05, 3.63) is 99.8 Å². The number of rotatable bonds is 4. The van der Waals surface area contributed by atoms with E-state index in [0.717, 1.165) is 16.0 Å². The van der Waals surface area contributed by atoms with Crippen LogP contribution in [0.1, 0.15) is 16.7 Å². The molecule has 0 aromatic heterocycles. The lowest BCUT2D eigenvalue weighted by Crippen LogP contribution is -2.54. The van der Waals surface area contributed by atoms with Crippen LogP contribution in [0.3, 0.4) is 0 Å². The van der Waals surface area contributed by atoms with E-state index in [1.807, 2.05) is 0 Å². The topological polar surface area (TPSA) is 86.7 Å². The number of barbiturate groups is 1. The number of anilines is 1. The van der Waals surface area contributed by atoms with Crippen LogP contribution >= 0.6 is 11.6 Å². The van der Waals surface area contributed by atoms with Crippen molar-refractivity contribution in [2.75, 3.05) is 4.90 Å². The number of amides is 4. The predicted octanol–water partition coefficient (Wildman–Crippen LogP) is 4.44. The van der Waals surface area contributed by atoms with E-state index in [1.165, 1.54) is 42.5 Å². The molecule has 2 N–H and O–H groups in total. The first kappa shape index (κ1) is 21.3. The summed E-state index contributed by atoms with van der Waals surface area (Å²) in [6.07, 6.45) is 1.76. The van der Waals surface area contributed by atoms with Crippen molar-refractivity contribution in [3.63, 3.8) is 0 Å². The standard InChI is InChI=1S/C24H16ClFN2O4/c25-21-13-15(4-5-16(21)10-14-2-1-3-17(26)11-14)12-20-22(30)27-24(32)28(23(20)31)18-6-8-19(29)9-7-18/h1-9,11-13,29H,10H2,(H,27,30,32)/b20-12+. The highest BCUT2D eigenvalue weighted by atomic mass is 35.5. The van der Waals surface area contributed by atoms with Gasteiger partial charge in [-0.3, -0.25) is 14.9 Å². The molecule has 1 aliphatic heterocycles. The third-order valence-electron chi connectivity index (χ3n) is 4.88. The number of halogens is 2. The monoisotopic (exact) mass is 450 g/mol. The summed E-state index contributed by atoms with van der Waals surface area (Å²) in [4.78, 5) is 38.3. The highest BCUT2D eigenvalue weighted by Gasteiger charge is 2.36. The summed E-state index contributed by atoms with van der Waals surface area (Å²) in [6, 6.07) is 15.7. The lowest BCUT2D eigenvalue weighted by atomic mass is 10.0. The molecule has 3 aromatic rings. The van der Waals surface area contributed by atoms with E-state index < -0.39 is 17.8 Å². The van der Waals surface area contributed by atoms with E-state index >= 15 is 0 Å². The second-order valence-corrected chi connectivity index (χ2v) is 7.54. The molecule has 0 unspecified atom stereocenters. The number of aromatic hydroxyl groups is 1. The van der Waals surface area contributed by atoms with E-state index in [4.69, 9.17) is 11.6 Å². The Morgan fingerprint density at radius 2 is 1.75 bits per heavy atom. The minimum absolute atomic E-state index is 0.0292. The van der Waals surface area contributed by atoms with Gasteiger partial charge in [0.1, 0.15) is 17.1 Å². The first-order valence-corrected chi connectivity index (χ1v) is 9.93. The van der Waals surface area contributed by atoms with Gasteiger partial charge >= 0.3 is 6.03 Å². The number of phenolic OH excluding ortho intramolecular Hbond substituents is 1. The molecule has 0 saturated carbocycles. The van der Waals surface area contributed by atoms with Crippen LogP contribution in [0.25, 0.3) is 6.08 Å². The van der Waals surface area contributed by atoms with Crippen LogP contribution in [0, 0.1) is 5.82 Å². The fourth-order valence-electron chi connectivity index (χ4n) is 3.32. The summed E-state index contributed by atoms with van der Waals surface area (Å²) < 4.78 is 13.4. The zero-order valence-electron chi connectivity index (χ0n) is 16.5. The van der Waals surface area contributed by atoms with Gasteiger partial charge in [-0.15, -0.1) is 0 Å². The van der Waals surface area contributed by atoms with Crippen LogP contribution in [0.5, 0.6) is 5.75 Å². The molecule has 0 spiro atoms. The molecule has 160 valence electrons. The first-order valence-electron chi connectivity index (χ1n) is 9.55. The highest BCUT2D eigenvalue weighted by Crippen LogP contribution is 2.26. The lowest BCUT2D eigenvalue weighted by molar-refractivity contribution is -0.122. The number of carbonyl (C=O) groups excluding carboxylic acids is 3. The van der Waals surface area contributed by atoms with E-state index in [2.05, 4.69) is 5.32 Å². The van der Waals surface area contributed by atoms with Crippen molar-refractivity contribution < 1.29 is 23.9 Å². The number of hydrogen-bond acceptors (Lipinski definition) is 4. The van der Waals surface area contributed by atoms with Crippen LogP contribution < -0.4 is 10.2 Å². The number of nitrogens with zero attached hydrogens (tertiary/aromatic N) is 1. The number of urea groups is 1. The zero-order valence-corrected chi connectivity index (χ0v) is 17.3. The molecular formula is C24H16ClFN2O4. The molecule has 1 aliphatic rings. The molecule has 1 heterocycles. The van der Waals surface area contributed by atoms with Crippen molar-refractivity contribution >= 4 is 41.2 Å². The lowest BCUT2D eigenvalue weighted by Gasteiger charge is -2.26. The third kappa shape index (κ3) is 4.38. The fourth-order valence-corrected chi connectivity index (χ4v) is 3.58. The molecule has 4 rings (SSSR count). The van der Waals surface area contributed by atoms with Gasteiger partial charge in [0.05, 0.1) is 5.69 Å². The summed E-state index contributed by atoms with van der Waals surface area (Å²) in [6.45, 7) is 0. The Bertz CT molecular complexity index is 1270. The van der Waals surface area contributed by atoms with Crippen molar-refractivity contribution in [3.8, 4) is 5.75 Å². The Kier molecular flexibility index (Phi) is 5.75.